The van der Waals surface area contributed by atoms with Gasteiger partial charge in [0.25, 0.3) is 0 Å². The molecule has 0 saturated heterocycles. The average molecular weight is 223 g/mol. The zero-order chi connectivity index (χ0) is 8.39. The van der Waals surface area contributed by atoms with Gasteiger partial charge in [-0.1, -0.05) is 0 Å². The predicted octanol–water partition coefficient (Wildman–Crippen LogP) is 1.46. The molecule has 0 saturated carbocycles. The van der Waals surface area contributed by atoms with Gasteiger partial charge in [0.2, 0.25) is 0 Å². The SMILES string of the molecule is [SeH]Nc1ccnc2ccccc12. The topological polar surface area (TPSA) is 24.9 Å². The fourth-order valence-electron chi connectivity index (χ4n) is 1.19. The van der Waals surface area contributed by atoms with E-state index in [1.165, 1.54) is 0 Å². The van der Waals surface area contributed by atoms with Crippen LogP contribution in [0, 0.1) is 0 Å². The normalized spacial score (nSPS) is 10.1. The Morgan fingerprint density at radius 2 is 2.00 bits per heavy atom. The fourth-order valence-corrected chi connectivity index (χ4v) is 1.60. The fraction of sp³-hybridized carbons (Fsp3) is 0. The number of nitrogens with zero attached hydrogens (tertiary/aromatic N) is 1. The van der Waals surface area contributed by atoms with Crippen LogP contribution in [0.1, 0.15) is 0 Å². The molecule has 0 amide bonds. The number of fused-ring (bicyclic) bond motifs is 1. The van der Waals surface area contributed by atoms with Crippen molar-refractivity contribution in [1.29, 1.82) is 0 Å². The monoisotopic (exact) mass is 224 g/mol. The molecule has 1 aromatic carbocycles. The summed E-state index contributed by atoms with van der Waals surface area (Å²) in [6, 6.07) is 10.0. The quantitative estimate of drug-likeness (QED) is 0.740. The van der Waals surface area contributed by atoms with Gasteiger partial charge < -0.3 is 0 Å². The van der Waals surface area contributed by atoms with E-state index in [9.17, 15) is 0 Å². The first-order chi connectivity index (χ1) is 5.92. The van der Waals surface area contributed by atoms with Gasteiger partial charge in [-0.15, -0.1) is 0 Å². The van der Waals surface area contributed by atoms with E-state index in [4.69, 9.17) is 0 Å². The van der Waals surface area contributed by atoms with Crippen LogP contribution < -0.4 is 4.33 Å². The molecule has 0 atom stereocenters. The van der Waals surface area contributed by atoms with Crippen molar-refractivity contribution in [2.45, 2.75) is 0 Å². The Morgan fingerprint density at radius 3 is 2.83 bits per heavy atom. The van der Waals surface area contributed by atoms with Crippen LogP contribution in [0.5, 0.6) is 0 Å². The van der Waals surface area contributed by atoms with Crippen LogP contribution in [-0.2, 0) is 0 Å². The van der Waals surface area contributed by atoms with Crippen molar-refractivity contribution in [2.75, 3.05) is 4.33 Å². The van der Waals surface area contributed by atoms with Gasteiger partial charge in [-0.3, -0.25) is 0 Å². The van der Waals surface area contributed by atoms with Gasteiger partial charge in [-0.2, -0.15) is 0 Å². The maximum atomic E-state index is 4.24. The zero-order valence-electron chi connectivity index (χ0n) is 6.36. The molecule has 0 radical (unpaired) electrons. The van der Waals surface area contributed by atoms with E-state index in [1.807, 2.05) is 24.3 Å². The molecule has 0 bridgehead atoms. The van der Waals surface area contributed by atoms with Crippen molar-refractivity contribution < 1.29 is 0 Å². The third-order valence-corrected chi connectivity index (χ3v) is 2.27. The zero-order valence-corrected chi connectivity index (χ0v) is 8.24. The molecule has 0 aliphatic heterocycles. The van der Waals surface area contributed by atoms with Crippen LogP contribution in [0.25, 0.3) is 10.9 Å². The van der Waals surface area contributed by atoms with Crippen molar-refractivity contribution in [1.82, 2.24) is 4.98 Å². The third kappa shape index (κ3) is 1.17. The second kappa shape index (κ2) is 3.13. The van der Waals surface area contributed by atoms with Gasteiger partial charge in [0, 0.05) is 0 Å². The van der Waals surface area contributed by atoms with Gasteiger partial charge >= 0.3 is 78.7 Å². The van der Waals surface area contributed by atoms with E-state index in [1.54, 1.807) is 6.20 Å². The summed E-state index contributed by atoms with van der Waals surface area (Å²) in [6.45, 7) is 0. The van der Waals surface area contributed by atoms with Gasteiger partial charge in [0.1, 0.15) is 0 Å². The van der Waals surface area contributed by atoms with Crippen LogP contribution >= 0.6 is 0 Å². The Labute approximate surface area is 79.0 Å². The number of benzene rings is 1. The Balaban J connectivity index is 2.79. The Hall–Kier alpha value is -1.05. The molecule has 3 heteroatoms. The molecule has 1 N–H and O–H groups in total. The molecular formula is C9H8N2Se. The molecule has 2 aromatic rings. The molecule has 0 aliphatic carbocycles. The standard InChI is InChI=1S/C9H8N2Se/c12-11-9-5-6-10-8-4-2-1-3-7(8)9/h1-6,12H,(H,10,11). The molecule has 2 rings (SSSR count). The van der Waals surface area contributed by atoms with E-state index in [2.05, 4.69) is 31.6 Å². The molecule has 2 nitrogen and oxygen atoms in total. The van der Waals surface area contributed by atoms with Gasteiger partial charge in [-0.05, 0) is 0 Å². The molecule has 0 aliphatic rings. The number of hydrogen-bond donors (Lipinski definition) is 1. The first-order valence-electron chi connectivity index (χ1n) is 3.65. The summed E-state index contributed by atoms with van der Waals surface area (Å²) in [5, 5.41) is 1.15. The Kier molecular flexibility index (Phi) is 1.98. The van der Waals surface area contributed by atoms with E-state index >= 15 is 0 Å². The first kappa shape index (κ1) is 7.59. The van der Waals surface area contributed by atoms with E-state index in [-0.39, 0.29) is 0 Å². The number of pyridine rings is 1. The molecule has 12 heavy (non-hydrogen) atoms. The number of hydrogen-bond acceptors (Lipinski definition) is 2. The number of aromatic nitrogens is 1. The summed E-state index contributed by atoms with van der Waals surface area (Å²) in [7, 11) is 0. The predicted molar refractivity (Wildman–Crippen MR) is 52.5 cm³/mol. The molecule has 1 heterocycles. The molecule has 0 fully saturated rings. The average Bonchev–Trinajstić information content (AvgIpc) is 2.17. The van der Waals surface area contributed by atoms with Gasteiger partial charge in [0.05, 0.1) is 0 Å². The van der Waals surface area contributed by atoms with Crippen molar-refractivity contribution in [3.8, 4) is 0 Å². The maximum absolute atomic E-state index is 4.24. The third-order valence-electron chi connectivity index (χ3n) is 1.77. The van der Waals surface area contributed by atoms with Crippen molar-refractivity contribution in [2.24, 2.45) is 0 Å². The number of para-hydroxylation sites is 1. The minimum atomic E-state index is 1.02. The second-order valence-corrected chi connectivity index (χ2v) is 2.96. The molecule has 60 valence electrons. The van der Waals surface area contributed by atoms with Gasteiger partial charge in [-0.25, -0.2) is 0 Å². The van der Waals surface area contributed by atoms with Crippen LogP contribution in [0.4, 0.5) is 5.69 Å². The molecule has 1 aromatic heterocycles. The number of anilines is 1. The molecule has 0 unspecified atom stereocenters. The van der Waals surface area contributed by atoms with E-state index < -0.39 is 0 Å². The van der Waals surface area contributed by atoms with Crippen LogP contribution in [-0.4, -0.2) is 21.2 Å². The van der Waals surface area contributed by atoms with Crippen LogP contribution in [0.15, 0.2) is 36.5 Å². The summed E-state index contributed by atoms with van der Waals surface area (Å²) in [5.41, 5.74) is 2.12. The van der Waals surface area contributed by atoms with E-state index in [0.29, 0.717) is 0 Å². The van der Waals surface area contributed by atoms with Crippen molar-refractivity contribution in [3.05, 3.63) is 36.5 Å². The number of nitrogens with one attached hydrogen (secondary N) is 1. The summed E-state index contributed by atoms with van der Waals surface area (Å²) >= 11 is 2.35. The summed E-state index contributed by atoms with van der Waals surface area (Å²) in [5.74, 6) is 0. The Morgan fingerprint density at radius 1 is 1.17 bits per heavy atom. The van der Waals surface area contributed by atoms with Crippen molar-refractivity contribution >= 4 is 32.8 Å². The molecular weight excluding hydrogens is 215 g/mol. The van der Waals surface area contributed by atoms with Crippen LogP contribution in [0.3, 0.4) is 0 Å². The van der Waals surface area contributed by atoms with Crippen LogP contribution in [0.2, 0.25) is 0 Å². The summed E-state index contributed by atoms with van der Waals surface area (Å²) in [6.07, 6.45) is 1.80. The van der Waals surface area contributed by atoms with E-state index in [0.717, 1.165) is 16.6 Å². The van der Waals surface area contributed by atoms with Crippen molar-refractivity contribution in [3.63, 3.8) is 0 Å². The summed E-state index contributed by atoms with van der Waals surface area (Å²) in [4.78, 5) is 4.24. The minimum absolute atomic E-state index is 1.02. The van der Waals surface area contributed by atoms with Gasteiger partial charge in [0.15, 0.2) is 0 Å². The molecule has 0 spiro atoms. The first-order valence-corrected chi connectivity index (χ1v) is 4.59. The second-order valence-electron chi connectivity index (χ2n) is 2.49. The number of rotatable bonds is 1. The Bertz CT molecular complexity index is 395. The summed E-state index contributed by atoms with van der Waals surface area (Å²) < 4.78 is 3.07.